The highest BCUT2D eigenvalue weighted by atomic mass is 35.5. The predicted molar refractivity (Wildman–Crippen MR) is 130 cm³/mol. The molecule has 0 radical (unpaired) electrons. The van der Waals surface area contributed by atoms with Crippen LogP contribution in [0, 0.1) is 0 Å². The number of ether oxygens (including phenoxy) is 2. The van der Waals surface area contributed by atoms with Crippen LogP contribution in [-0.4, -0.2) is 44.0 Å². The van der Waals surface area contributed by atoms with Gasteiger partial charge in [0.25, 0.3) is 0 Å². The third-order valence-corrected chi connectivity index (χ3v) is 6.46. The van der Waals surface area contributed by atoms with E-state index in [0.29, 0.717) is 22.3 Å². The van der Waals surface area contributed by atoms with Gasteiger partial charge in [-0.15, -0.1) is 12.4 Å². The summed E-state index contributed by atoms with van der Waals surface area (Å²) in [5.41, 5.74) is 0.594. The summed E-state index contributed by atoms with van der Waals surface area (Å²) in [4.78, 5) is 8.07. The molecular weight excluding hydrogens is 532 g/mol. The van der Waals surface area contributed by atoms with E-state index in [-0.39, 0.29) is 40.3 Å². The van der Waals surface area contributed by atoms with Gasteiger partial charge in [0.1, 0.15) is 29.5 Å². The van der Waals surface area contributed by atoms with Crippen LogP contribution in [0.4, 0.5) is 36.2 Å². The van der Waals surface area contributed by atoms with Crippen molar-refractivity contribution in [2.45, 2.75) is 18.0 Å². The fourth-order valence-corrected chi connectivity index (χ4v) is 3.94. The molecule has 35 heavy (non-hydrogen) atoms. The molecule has 0 unspecified atom stereocenters. The number of hydrogen-bond donors (Lipinski definition) is 2. The monoisotopic (exact) mass is 552 g/mol. The Bertz CT molecular complexity index is 1280. The molecule has 1 heterocycles. The number of rotatable bonds is 9. The van der Waals surface area contributed by atoms with Gasteiger partial charge in [-0.25, -0.2) is 18.4 Å². The zero-order valence-electron chi connectivity index (χ0n) is 18.4. The van der Waals surface area contributed by atoms with Crippen molar-refractivity contribution < 1.29 is 31.1 Å². The lowest BCUT2D eigenvalue weighted by Crippen LogP contribution is -2.19. The molecule has 14 heteroatoms. The van der Waals surface area contributed by atoms with E-state index < -0.39 is 22.6 Å². The van der Waals surface area contributed by atoms with E-state index in [1.54, 1.807) is 18.2 Å². The van der Waals surface area contributed by atoms with Gasteiger partial charge in [0, 0.05) is 11.8 Å². The Labute approximate surface area is 211 Å². The van der Waals surface area contributed by atoms with Crippen LogP contribution in [0.1, 0.15) is 6.92 Å². The van der Waals surface area contributed by atoms with E-state index in [4.69, 9.17) is 21.1 Å². The molecule has 0 amide bonds. The molecule has 3 rings (SSSR count). The highest BCUT2D eigenvalue weighted by Crippen LogP contribution is 2.33. The highest BCUT2D eigenvalue weighted by molar-refractivity contribution is 7.91. The topological polar surface area (TPSA) is 102 Å². The number of sulfone groups is 1. The SMILES string of the molecule is CCS(=O)(=O)c1ccc(OCC(F)(F)F)c(Nc2cc(Nc3ccc(OC)c(Cl)c3)ncn2)c1.Cl. The van der Waals surface area contributed by atoms with Crippen molar-refractivity contribution in [3.05, 3.63) is 53.8 Å². The van der Waals surface area contributed by atoms with Crippen molar-refractivity contribution in [1.29, 1.82) is 0 Å². The summed E-state index contributed by atoms with van der Waals surface area (Å²) in [6, 6.07) is 10.0. The Kier molecular flexibility index (Phi) is 9.41. The molecule has 0 fully saturated rings. The number of alkyl halides is 3. The van der Waals surface area contributed by atoms with Crippen LogP contribution in [0.5, 0.6) is 11.5 Å². The second-order valence-electron chi connectivity index (χ2n) is 6.85. The zero-order chi connectivity index (χ0) is 24.9. The second kappa shape index (κ2) is 11.6. The lowest BCUT2D eigenvalue weighted by Gasteiger charge is -2.16. The molecule has 0 aliphatic carbocycles. The minimum Gasteiger partial charge on any atom is -0.495 e. The molecule has 2 aromatic carbocycles. The fraction of sp³-hybridized carbons (Fsp3) is 0.238. The number of aromatic nitrogens is 2. The minimum atomic E-state index is -4.57. The summed E-state index contributed by atoms with van der Waals surface area (Å²) in [7, 11) is -2.13. The summed E-state index contributed by atoms with van der Waals surface area (Å²) < 4.78 is 72.5. The van der Waals surface area contributed by atoms with Gasteiger partial charge in [0.2, 0.25) is 0 Å². The number of anilines is 4. The maximum atomic E-state index is 12.7. The number of nitrogens with zero attached hydrogens (tertiary/aromatic N) is 2. The van der Waals surface area contributed by atoms with Gasteiger partial charge in [0.15, 0.2) is 16.4 Å². The van der Waals surface area contributed by atoms with Crippen molar-refractivity contribution in [3.8, 4) is 11.5 Å². The lowest BCUT2D eigenvalue weighted by molar-refractivity contribution is -0.153. The number of halogens is 5. The van der Waals surface area contributed by atoms with Crippen molar-refractivity contribution in [3.63, 3.8) is 0 Å². The quantitative estimate of drug-likeness (QED) is 0.344. The van der Waals surface area contributed by atoms with Gasteiger partial charge >= 0.3 is 6.18 Å². The number of benzene rings is 2. The Morgan fingerprint density at radius 3 is 2.26 bits per heavy atom. The molecule has 0 aliphatic heterocycles. The molecule has 0 atom stereocenters. The van der Waals surface area contributed by atoms with Gasteiger partial charge in [0.05, 0.1) is 28.5 Å². The molecule has 190 valence electrons. The molecule has 3 aromatic rings. The van der Waals surface area contributed by atoms with Crippen LogP contribution in [0.2, 0.25) is 5.02 Å². The van der Waals surface area contributed by atoms with Crippen LogP contribution < -0.4 is 20.1 Å². The van der Waals surface area contributed by atoms with E-state index >= 15 is 0 Å². The number of methoxy groups -OCH3 is 1. The van der Waals surface area contributed by atoms with Crippen molar-refractivity contribution in [1.82, 2.24) is 9.97 Å². The molecular formula is C21H21Cl2F3N4O4S. The van der Waals surface area contributed by atoms with E-state index in [1.807, 2.05) is 0 Å². The first kappa shape index (κ1) is 28.3. The van der Waals surface area contributed by atoms with E-state index in [9.17, 15) is 21.6 Å². The first-order valence-electron chi connectivity index (χ1n) is 9.76. The summed E-state index contributed by atoms with van der Waals surface area (Å²) in [6.45, 7) is -0.0827. The first-order valence-corrected chi connectivity index (χ1v) is 11.8. The standard InChI is InChI=1S/C21H20ClF3N4O4S.ClH/c1-3-34(30,31)14-5-7-18(33-11-21(23,24)25)16(9-14)29-20-10-19(26-12-27-20)28-13-4-6-17(32-2)15(22)8-13;/h4-10,12H,3,11H2,1-2H3,(H2,26,27,28,29);1H. The number of hydrogen-bond acceptors (Lipinski definition) is 8. The Morgan fingerprint density at radius 1 is 1.00 bits per heavy atom. The van der Waals surface area contributed by atoms with Gasteiger partial charge in [-0.3, -0.25) is 0 Å². The van der Waals surface area contributed by atoms with Crippen molar-refractivity contribution in [2.75, 3.05) is 30.1 Å². The largest absolute Gasteiger partial charge is 0.495 e. The molecule has 0 spiro atoms. The Morgan fingerprint density at radius 2 is 1.66 bits per heavy atom. The Hall–Kier alpha value is -2.96. The maximum Gasteiger partial charge on any atom is 0.422 e. The van der Waals surface area contributed by atoms with E-state index in [0.717, 1.165) is 6.07 Å². The molecule has 0 saturated carbocycles. The summed E-state index contributed by atoms with van der Waals surface area (Å²) in [6.07, 6.45) is -3.35. The molecule has 2 N–H and O–H groups in total. The van der Waals surface area contributed by atoms with Gasteiger partial charge in [-0.05, 0) is 36.4 Å². The zero-order valence-corrected chi connectivity index (χ0v) is 20.8. The first-order chi connectivity index (χ1) is 16.0. The third kappa shape index (κ3) is 7.77. The van der Waals surface area contributed by atoms with Crippen molar-refractivity contribution >= 4 is 56.9 Å². The van der Waals surface area contributed by atoms with E-state index in [2.05, 4.69) is 20.6 Å². The number of nitrogens with one attached hydrogen (secondary N) is 2. The fourth-order valence-electron chi connectivity index (χ4n) is 2.78. The van der Waals surface area contributed by atoms with Gasteiger partial charge in [-0.2, -0.15) is 13.2 Å². The summed E-state index contributed by atoms with van der Waals surface area (Å²) in [5.74, 6) is 0.642. The maximum absolute atomic E-state index is 12.7. The smallest absolute Gasteiger partial charge is 0.422 e. The van der Waals surface area contributed by atoms with Gasteiger partial charge < -0.3 is 20.1 Å². The molecule has 8 nitrogen and oxygen atoms in total. The Balaban J connectivity index is 0.00000432. The average Bonchev–Trinajstić information content (AvgIpc) is 2.78. The molecule has 0 aliphatic rings. The van der Waals surface area contributed by atoms with Crippen LogP contribution in [0.25, 0.3) is 0 Å². The third-order valence-electron chi connectivity index (χ3n) is 4.44. The van der Waals surface area contributed by atoms with Gasteiger partial charge in [-0.1, -0.05) is 18.5 Å². The molecule has 0 bridgehead atoms. The molecule has 1 aromatic heterocycles. The van der Waals surface area contributed by atoms with Crippen molar-refractivity contribution in [2.24, 2.45) is 0 Å². The summed E-state index contributed by atoms with van der Waals surface area (Å²) in [5, 5.41) is 6.20. The molecule has 0 saturated heterocycles. The van der Waals surface area contributed by atoms with Crippen LogP contribution >= 0.6 is 24.0 Å². The average molecular weight is 553 g/mol. The predicted octanol–water partition coefficient (Wildman–Crippen LogP) is 5.78. The van der Waals surface area contributed by atoms with E-state index in [1.165, 1.54) is 38.6 Å². The summed E-state index contributed by atoms with van der Waals surface area (Å²) >= 11 is 6.12. The van der Waals surface area contributed by atoms with Crippen LogP contribution in [0.3, 0.4) is 0 Å². The highest BCUT2D eigenvalue weighted by Gasteiger charge is 2.29. The second-order valence-corrected chi connectivity index (χ2v) is 9.54. The van der Waals surface area contributed by atoms with Crippen LogP contribution in [-0.2, 0) is 9.84 Å². The normalized spacial score (nSPS) is 11.4. The minimum absolute atomic E-state index is 0. The van der Waals surface area contributed by atoms with Crippen LogP contribution in [0.15, 0.2) is 53.7 Å². The lowest BCUT2D eigenvalue weighted by atomic mass is 10.3.